The zero-order chi connectivity index (χ0) is 9.45. The molecule has 68 valence electrons. The second kappa shape index (κ2) is 5.82. The summed E-state index contributed by atoms with van der Waals surface area (Å²) in [6.07, 6.45) is 2.60. The molecule has 0 saturated carbocycles. The summed E-state index contributed by atoms with van der Waals surface area (Å²) in [6.45, 7) is 0. The Bertz CT molecular complexity index is 187. The van der Waals surface area contributed by atoms with Gasteiger partial charge in [0.1, 0.15) is 0 Å². The van der Waals surface area contributed by atoms with Gasteiger partial charge in [-0.05, 0) is 0 Å². The number of isocyanates is 1. The highest BCUT2D eigenvalue weighted by molar-refractivity contribution is 6.66. The third kappa shape index (κ3) is 3.08. The van der Waals surface area contributed by atoms with Crippen LogP contribution >= 0.6 is 0 Å². The molecule has 0 amide bonds. The average molecular weight is 189 g/mol. The first kappa shape index (κ1) is 11.2. The van der Waals surface area contributed by atoms with Crippen LogP contribution in [0.4, 0.5) is 0 Å². The highest BCUT2D eigenvalue weighted by Crippen LogP contribution is 2.06. The molecule has 0 N–H and O–H groups in total. The van der Waals surface area contributed by atoms with Crippen LogP contribution in [-0.2, 0) is 18.1 Å². The molecule has 0 aliphatic carbocycles. The monoisotopic (exact) mass is 189 g/mol. The standard InChI is InChI=1S/C6H11NO4Si/c1-9-12(10-2,11-3)5-4-7-6-8/h4-5H,1-3H3. The van der Waals surface area contributed by atoms with Crippen LogP contribution in [0.25, 0.3) is 0 Å². The lowest BCUT2D eigenvalue weighted by Gasteiger charge is -2.19. The lowest BCUT2D eigenvalue weighted by Crippen LogP contribution is -2.40. The van der Waals surface area contributed by atoms with Crippen LogP contribution in [0, 0.1) is 0 Å². The smallest absolute Gasteiger partial charge is 0.374 e. The van der Waals surface area contributed by atoms with Gasteiger partial charge in [-0.2, -0.15) is 4.99 Å². The van der Waals surface area contributed by atoms with Crippen molar-refractivity contribution in [2.45, 2.75) is 0 Å². The van der Waals surface area contributed by atoms with E-state index in [1.807, 2.05) is 0 Å². The fourth-order valence-electron chi connectivity index (χ4n) is 0.613. The molecule has 0 rings (SSSR count). The molecule has 0 atom stereocenters. The van der Waals surface area contributed by atoms with Crippen LogP contribution in [0.3, 0.4) is 0 Å². The van der Waals surface area contributed by atoms with Crippen molar-refractivity contribution in [3.63, 3.8) is 0 Å². The first-order valence-corrected chi connectivity index (χ1v) is 4.95. The van der Waals surface area contributed by atoms with E-state index in [9.17, 15) is 4.79 Å². The van der Waals surface area contributed by atoms with E-state index in [0.29, 0.717) is 0 Å². The van der Waals surface area contributed by atoms with Gasteiger partial charge in [0.25, 0.3) is 0 Å². The molecule has 0 bridgehead atoms. The maximum atomic E-state index is 9.71. The van der Waals surface area contributed by atoms with Crippen LogP contribution < -0.4 is 0 Å². The van der Waals surface area contributed by atoms with Gasteiger partial charge < -0.3 is 13.3 Å². The number of aliphatic imine (C=N–C) groups is 1. The fraction of sp³-hybridized carbons (Fsp3) is 0.500. The van der Waals surface area contributed by atoms with Gasteiger partial charge in [0.2, 0.25) is 6.08 Å². The summed E-state index contributed by atoms with van der Waals surface area (Å²) in [5, 5.41) is 0. The van der Waals surface area contributed by atoms with E-state index in [1.165, 1.54) is 39.3 Å². The fourth-order valence-corrected chi connectivity index (χ4v) is 1.78. The summed E-state index contributed by atoms with van der Waals surface area (Å²) in [5.74, 6) is 0. The molecular weight excluding hydrogens is 178 g/mol. The van der Waals surface area contributed by atoms with Crippen molar-refractivity contribution < 1.29 is 18.1 Å². The maximum Gasteiger partial charge on any atom is 0.530 e. The number of hydrogen-bond donors (Lipinski definition) is 0. The molecule has 12 heavy (non-hydrogen) atoms. The number of hydrogen-bond acceptors (Lipinski definition) is 5. The Balaban J connectivity index is 4.38. The van der Waals surface area contributed by atoms with Crippen molar-refractivity contribution >= 4 is 14.9 Å². The Morgan fingerprint density at radius 1 is 1.25 bits per heavy atom. The maximum absolute atomic E-state index is 9.71. The molecule has 0 spiro atoms. The number of rotatable bonds is 5. The van der Waals surface area contributed by atoms with Crippen LogP contribution in [0.1, 0.15) is 0 Å². The number of carbonyl (C=O) groups excluding carboxylic acids is 1. The molecule has 0 saturated heterocycles. The van der Waals surface area contributed by atoms with Gasteiger partial charge in [0, 0.05) is 33.2 Å². The molecular formula is C6H11NO4Si. The summed E-state index contributed by atoms with van der Waals surface area (Å²) in [5.41, 5.74) is 1.48. The topological polar surface area (TPSA) is 57.1 Å². The molecule has 0 aromatic heterocycles. The lowest BCUT2D eigenvalue weighted by molar-refractivity contribution is 0.138. The third-order valence-electron chi connectivity index (χ3n) is 1.26. The van der Waals surface area contributed by atoms with E-state index >= 15 is 0 Å². The molecule has 0 aliphatic heterocycles. The van der Waals surface area contributed by atoms with Crippen LogP contribution in [0.5, 0.6) is 0 Å². The van der Waals surface area contributed by atoms with E-state index < -0.39 is 8.80 Å². The number of nitrogens with zero attached hydrogens (tertiary/aromatic N) is 1. The quantitative estimate of drug-likeness (QED) is 0.353. The van der Waals surface area contributed by atoms with Gasteiger partial charge in [-0.1, -0.05) is 0 Å². The predicted molar refractivity (Wildman–Crippen MR) is 44.0 cm³/mol. The van der Waals surface area contributed by atoms with Crippen molar-refractivity contribution in [3.8, 4) is 0 Å². The van der Waals surface area contributed by atoms with Crippen LogP contribution in [0.15, 0.2) is 16.9 Å². The van der Waals surface area contributed by atoms with Gasteiger partial charge in [-0.3, -0.25) is 0 Å². The first-order valence-electron chi connectivity index (χ1n) is 3.15. The minimum atomic E-state index is -2.71. The summed E-state index contributed by atoms with van der Waals surface area (Å²) < 4.78 is 15.0. The van der Waals surface area contributed by atoms with Crippen molar-refractivity contribution in [2.24, 2.45) is 4.99 Å². The third-order valence-corrected chi connectivity index (χ3v) is 3.52. The summed E-state index contributed by atoms with van der Waals surface area (Å²) in [4.78, 5) is 12.9. The molecule has 0 unspecified atom stereocenters. The normalized spacial score (nSPS) is 11.6. The molecule has 0 radical (unpaired) electrons. The van der Waals surface area contributed by atoms with Crippen molar-refractivity contribution in [2.75, 3.05) is 21.3 Å². The molecule has 5 nitrogen and oxygen atoms in total. The second-order valence-electron chi connectivity index (χ2n) is 1.75. The minimum absolute atomic E-state index is 1.25. The molecule has 6 heteroatoms. The first-order chi connectivity index (χ1) is 5.74. The van der Waals surface area contributed by atoms with Crippen LogP contribution in [0.2, 0.25) is 0 Å². The Morgan fingerprint density at radius 3 is 2.08 bits per heavy atom. The van der Waals surface area contributed by atoms with Gasteiger partial charge in [-0.25, -0.2) is 4.79 Å². The van der Waals surface area contributed by atoms with E-state index in [-0.39, 0.29) is 0 Å². The zero-order valence-electron chi connectivity index (χ0n) is 7.23. The minimum Gasteiger partial charge on any atom is -0.374 e. The zero-order valence-corrected chi connectivity index (χ0v) is 8.23. The molecule has 0 fully saturated rings. The second-order valence-corrected chi connectivity index (χ2v) is 4.52. The highest BCUT2D eigenvalue weighted by Gasteiger charge is 2.34. The highest BCUT2D eigenvalue weighted by atomic mass is 28.4. The van der Waals surface area contributed by atoms with Crippen molar-refractivity contribution in [3.05, 3.63) is 11.9 Å². The van der Waals surface area contributed by atoms with E-state index in [4.69, 9.17) is 13.3 Å². The Labute approximate surface area is 72.0 Å². The van der Waals surface area contributed by atoms with E-state index in [2.05, 4.69) is 4.99 Å². The summed E-state index contributed by atoms with van der Waals surface area (Å²) in [7, 11) is 1.69. The molecule has 0 aromatic rings. The van der Waals surface area contributed by atoms with Crippen molar-refractivity contribution in [1.29, 1.82) is 0 Å². The largest absolute Gasteiger partial charge is 0.530 e. The predicted octanol–water partition coefficient (Wildman–Crippen LogP) is 0.253. The van der Waals surface area contributed by atoms with Crippen LogP contribution in [-0.4, -0.2) is 36.2 Å². The molecule has 0 heterocycles. The van der Waals surface area contributed by atoms with Gasteiger partial charge in [0.15, 0.2) is 0 Å². The Hall–Kier alpha value is -0.783. The summed E-state index contributed by atoms with van der Waals surface area (Å²) >= 11 is 0. The van der Waals surface area contributed by atoms with E-state index in [1.54, 1.807) is 0 Å². The lowest BCUT2D eigenvalue weighted by atomic mass is 11.0. The molecule has 0 aliphatic rings. The summed E-state index contributed by atoms with van der Waals surface area (Å²) in [6, 6.07) is 0. The van der Waals surface area contributed by atoms with Crippen molar-refractivity contribution in [1.82, 2.24) is 0 Å². The van der Waals surface area contributed by atoms with Gasteiger partial charge >= 0.3 is 8.80 Å². The van der Waals surface area contributed by atoms with Gasteiger partial charge in [-0.15, -0.1) is 0 Å². The average Bonchev–Trinajstić information content (AvgIpc) is 2.14. The SMILES string of the molecule is CO[Si](C=CN=C=O)(OC)OC. The Kier molecular flexibility index (Phi) is 5.44. The van der Waals surface area contributed by atoms with Gasteiger partial charge in [0.05, 0.1) is 0 Å². The Morgan fingerprint density at radius 2 is 1.75 bits per heavy atom. The van der Waals surface area contributed by atoms with E-state index in [0.717, 1.165) is 0 Å². The molecule has 0 aromatic carbocycles.